The van der Waals surface area contributed by atoms with Crippen LogP contribution in [-0.2, 0) is 9.36 Å². The molecule has 0 radical (unpaired) electrons. The molecule has 0 aromatic rings. The van der Waals surface area contributed by atoms with E-state index < -0.39 is 7.60 Å². The van der Waals surface area contributed by atoms with E-state index in [1.807, 2.05) is 0 Å². The monoisotopic (exact) mass is 304 g/mol. The summed E-state index contributed by atoms with van der Waals surface area (Å²) in [6, 6.07) is -0.407. The number of carbonyl (C=O) groups excluding carboxylic acids is 1. The molecule has 0 fully saturated rings. The van der Waals surface area contributed by atoms with Gasteiger partial charge in [-0.2, -0.15) is 0 Å². The highest BCUT2D eigenvalue weighted by Gasteiger charge is 2.35. The van der Waals surface area contributed by atoms with Crippen molar-refractivity contribution in [3.05, 3.63) is 11.4 Å². The van der Waals surface area contributed by atoms with Gasteiger partial charge in [0.25, 0.3) is 0 Å². The number of allylic oxidation sites excluding steroid dienone is 1. The second kappa shape index (κ2) is 6.85. The zero-order valence-electron chi connectivity index (χ0n) is 12.2. The molecule has 0 saturated carbocycles. The molecule has 0 spiro atoms. The third-order valence-corrected chi connectivity index (χ3v) is 4.74. The predicted molar refractivity (Wildman–Crippen MR) is 77.9 cm³/mol. The normalized spacial score (nSPS) is 25.2. The fourth-order valence-corrected chi connectivity index (χ4v) is 3.53. The Morgan fingerprint density at radius 2 is 2.15 bits per heavy atom. The van der Waals surface area contributed by atoms with Crippen molar-refractivity contribution in [2.24, 2.45) is 17.6 Å². The molecule has 5 N–H and O–H groups in total. The van der Waals surface area contributed by atoms with Gasteiger partial charge in [-0.05, 0) is 31.1 Å². The highest BCUT2D eigenvalue weighted by atomic mass is 31.2. The molecule has 20 heavy (non-hydrogen) atoms. The molecule has 116 valence electrons. The van der Waals surface area contributed by atoms with Crippen LogP contribution in [0.15, 0.2) is 11.4 Å². The number of nitrogens with one attached hydrogen (secondary N) is 1. The van der Waals surface area contributed by atoms with E-state index in [-0.39, 0.29) is 35.6 Å². The largest absolute Gasteiger partial charge is 0.353 e. The van der Waals surface area contributed by atoms with Crippen molar-refractivity contribution in [1.29, 1.82) is 0 Å². The summed E-state index contributed by atoms with van der Waals surface area (Å²) in [5.74, 6) is 0.315. The maximum absolute atomic E-state index is 11.3. The quantitative estimate of drug-likeness (QED) is 0.572. The van der Waals surface area contributed by atoms with Crippen LogP contribution in [0.25, 0.3) is 0 Å². The van der Waals surface area contributed by atoms with Gasteiger partial charge in [0.2, 0.25) is 5.91 Å². The summed E-state index contributed by atoms with van der Waals surface area (Å²) in [6.07, 6.45) is 3.06. The summed E-state index contributed by atoms with van der Waals surface area (Å²) in [4.78, 5) is 29.7. The standard InChI is InChI=1S/C13H25N2O4P/c1-8(2)6-13(15-9(3)16)11-5-4-10(7-12(11)14)20(17,18)19/h4,8,11-13H,5-7,14H2,1-3H3,(H,15,16)(H2,17,18,19)/t11-,12-,13+/m1/s1. The van der Waals surface area contributed by atoms with Crippen molar-refractivity contribution in [3.63, 3.8) is 0 Å². The van der Waals surface area contributed by atoms with E-state index in [1.54, 1.807) is 6.08 Å². The Morgan fingerprint density at radius 1 is 1.55 bits per heavy atom. The Labute approximate surface area is 120 Å². The van der Waals surface area contributed by atoms with Crippen LogP contribution in [0, 0.1) is 11.8 Å². The lowest BCUT2D eigenvalue weighted by molar-refractivity contribution is -0.120. The van der Waals surface area contributed by atoms with Gasteiger partial charge in [-0.15, -0.1) is 0 Å². The van der Waals surface area contributed by atoms with Crippen molar-refractivity contribution in [2.45, 2.75) is 52.1 Å². The fourth-order valence-electron chi connectivity index (χ4n) is 2.73. The first-order valence-corrected chi connectivity index (χ1v) is 8.50. The summed E-state index contributed by atoms with van der Waals surface area (Å²) < 4.78 is 11.3. The molecule has 0 bridgehead atoms. The third kappa shape index (κ3) is 5.02. The highest BCUT2D eigenvalue weighted by Crippen LogP contribution is 2.50. The van der Waals surface area contributed by atoms with E-state index >= 15 is 0 Å². The van der Waals surface area contributed by atoms with Crippen LogP contribution in [0.2, 0.25) is 0 Å². The molecule has 0 heterocycles. The van der Waals surface area contributed by atoms with Crippen molar-refractivity contribution < 1.29 is 19.1 Å². The van der Waals surface area contributed by atoms with E-state index in [0.29, 0.717) is 12.3 Å². The Morgan fingerprint density at radius 3 is 2.55 bits per heavy atom. The third-order valence-electron chi connectivity index (χ3n) is 3.63. The molecule has 6 nitrogen and oxygen atoms in total. The van der Waals surface area contributed by atoms with Crippen LogP contribution >= 0.6 is 7.60 Å². The molecule has 1 aliphatic carbocycles. The van der Waals surface area contributed by atoms with E-state index in [0.717, 1.165) is 6.42 Å². The first-order valence-electron chi connectivity index (χ1n) is 6.89. The minimum atomic E-state index is -4.20. The summed E-state index contributed by atoms with van der Waals surface area (Å²) in [6.45, 7) is 5.61. The lowest BCUT2D eigenvalue weighted by Crippen LogP contribution is -2.48. The van der Waals surface area contributed by atoms with Crippen molar-refractivity contribution in [2.75, 3.05) is 0 Å². The molecule has 3 atom stereocenters. The highest BCUT2D eigenvalue weighted by molar-refractivity contribution is 7.56. The SMILES string of the molecule is CC(=O)N[C@@H](CC(C)C)[C@@H]1CC=C(P(=O)(O)O)C[C@H]1N. The number of hydrogen-bond donors (Lipinski definition) is 4. The molecule has 0 saturated heterocycles. The summed E-state index contributed by atoms with van der Waals surface area (Å²) in [7, 11) is -4.20. The lowest BCUT2D eigenvalue weighted by atomic mass is 9.80. The van der Waals surface area contributed by atoms with E-state index in [9.17, 15) is 19.1 Å². The molecular formula is C13H25N2O4P. The first kappa shape index (κ1) is 17.4. The van der Waals surface area contributed by atoms with Crippen LogP contribution < -0.4 is 11.1 Å². The fraction of sp³-hybridized carbons (Fsp3) is 0.769. The van der Waals surface area contributed by atoms with Gasteiger partial charge in [-0.1, -0.05) is 19.9 Å². The first-order chi connectivity index (χ1) is 9.11. The van der Waals surface area contributed by atoms with E-state index in [1.165, 1.54) is 6.92 Å². The summed E-state index contributed by atoms with van der Waals surface area (Å²) in [5.41, 5.74) is 6.08. The molecular weight excluding hydrogens is 279 g/mol. The van der Waals surface area contributed by atoms with Crippen LogP contribution in [0.1, 0.15) is 40.0 Å². The molecule has 1 amide bonds. The van der Waals surface area contributed by atoms with Crippen molar-refractivity contribution in [1.82, 2.24) is 5.32 Å². The topological polar surface area (TPSA) is 113 Å². The Balaban J connectivity index is 2.85. The Kier molecular flexibility index (Phi) is 5.95. The molecule has 1 aliphatic rings. The van der Waals surface area contributed by atoms with Gasteiger partial charge in [-0.25, -0.2) is 0 Å². The van der Waals surface area contributed by atoms with Crippen molar-refractivity contribution >= 4 is 13.5 Å². The van der Waals surface area contributed by atoms with Gasteiger partial charge in [0.15, 0.2) is 0 Å². The Hall–Kier alpha value is -0.680. The molecule has 0 aliphatic heterocycles. The molecule has 0 aromatic carbocycles. The zero-order valence-corrected chi connectivity index (χ0v) is 13.1. The second-order valence-corrected chi connectivity index (χ2v) is 7.61. The van der Waals surface area contributed by atoms with E-state index in [4.69, 9.17) is 5.73 Å². The average molecular weight is 304 g/mol. The minimum Gasteiger partial charge on any atom is -0.353 e. The lowest BCUT2D eigenvalue weighted by Gasteiger charge is -2.36. The number of nitrogens with two attached hydrogens (primary N) is 1. The number of hydrogen-bond acceptors (Lipinski definition) is 3. The number of carbonyl (C=O) groups is 1. The van der Waals surface area contributed by atoms with Crippen LogP contribution in [0.5, 0.6) is 0 Å². The average Bonchev–Trinajstić information content (AvgIpc) is 2.25. The number of amides is 1. The zero-order chi connectivity index (χ0) is 15.5. The summed E-state index contributed by atoms with van der Waals surface area (Å²) in [5, 5.41) is 3.04. The van der Waals surface area contributed by atoms with Gasteiger partial charge in [0, 0.05) is 24.3 Å². The summed E-state index contributed by atoms with van der Waals surface area (Å²) >= 11 is 0. The second-order valence-electron chi connectivity index (χ2n) is 5.94. The minimum absolute atomic E-state index is 0.0107. The van der Waals surface area contributed by atoms with Gasteiger partial charge in [-0.3, -0.25) is 9.36 Å². The Bertz CT molecular complexity index is 430. The smallest absolute Gasteiger partial charge is 0.351 e. The molecule has 0 aromatic heterocycles. The van der Waals surface area contributed by atoms with Crippen molar-refractivity contribution in [3.8, 4) is 0 Å². The van der Waals surface area contributed by atoms with Gasteiger partial charge in [0.1, 0.15) is 0 Å². The molecule has 7 heteroatoms. The predicted octanol–water partition coefficient (Wildman–Crippen LogP) is 1.34. The maximum Gasteiger partial charge on any atom is 0.351 e. The van der Waals surface area contributed by atoms with Gasteiger partial charge in [0.05, 0.1) is 0 Å². The molecule has 1 rings (SSSR count). The maximum atomic E-state index is 11.3. The van der Waals surface area contributed by atoms with Crippen LogP contribution in [0.3, 0.4) is 0 Å². The van der Waals surface area contributed by atoms with Crippen LogP contribution in [0.4, 0.5) is 0 Å². The molecule has 0 unspecified atom stereocenters. The van der Waals surface area contributed by atoms with Crippen LogP contribution in [-0.4, -0.2) is 27.8 Å². The van der Waals surface area contributed by atoms with Gasteiger partial charge < -0.3 is 20.8 Å². The number of rotatable bonds is 5. The van der Waals surface area contributed by atoms with E-state index in [2.05, 4.69) is 19.2 Å². The van der Waals surface area contributed by atoms with Gasteiger partial charge >= 0.3 is 7.60 Å².